The molecule has 5 nitrogen and oxygen atoms in total. The molecule has 1 aliphatic carbocycles. The minimum Gasteiger partial charge on any atom is -0.493 e. The zero-order valence-electron chi connectivity index (χ0n) is 14.7. The lowest BCUT2D eigenvalue weighted by atomic mass is 10.1. The first-order valence-corrected chi connectivity index (χ1v) is 9.34. The van der Waals surface area contributed by atoms with Crippen LogP contribution in [0.4, 0.5) is 0 Å². The Morgan fingerprint density at radius 1 is 1.32 bits per heavy atom. The van der Waals surface area contributed by atoms with Gasteiger partial charge in [-0.15, -0.1) is 11.3 Å². The van der Waals surface area contributed by atoms with E-state index in [0.29, 0.717) is 31.2 Å². The molecule has 1 amide bonds. The van der Waals surface area contributed by atoms with Crippen molar-refractivity contribution >= 4 is 17.2 Å². The van der Waals surface area contributed by atoms with Crippen LogP contribution in [-0.4, -0.2) is 30.0 Å². The summed E-state index contributed by atoms with van der Waals surface area (Å²) in [4.78, 5) is 15.4. The smallest absolute Gasteiger partial charge is 0.242 e. The van der Waals surface area contributed by atoms with Crippen LogP contribution >= 0.6 is 11.3 Å². The van der Waals surface area contributed by atoms with E-state index in [-0.39, 0.29) is 5.91 Å². The Kier molecular flexibility index (Phi) is 5.30. The van der Waals surface area contributed by atoms with Crippen LogP contribution in [0, 0.1) is 0 Å². The van der Waals surface area contributed by atoms with Crippen molar-refractivity contribution in [2.24, 2.45) is 5.73 Å². The fourth-order valence-corrected chi connectivity index (χ4v) is 3.30. The Hall–Kier alpha value is -2.05. The third kappa shape index (κ3) is 4.14. The van der Waals surface area contributed by atoms with Gasteiger partial charge >= 0.3 is 0 Å². The predicted octanol–water partition coefficient (Wildman–Crippen LogP) is 3.18. The van der Waals surface area contributed by atoms with Gasteiger partial charge < -0.3 is 20.1 Å². The second-order valence-electron chi connectivity index (χ2n) is 6.33. The number of amides is 1. The van der Waals surface area contributed by atoms with Gasteiger partial charge in [0.05, 0.1) is 12.6 Å². The molecule has 1 saturated carbocycles. The molecule has 2 N–H and O–H groups in total. The van der Waals surface area contributed by atoms with Gasteiger partial charge in [-0.25, -0.2) is 0 Å². The number of carbonyl (C=O) groups is 1. The van der Waals surface area contributed by atoms with E-state index < -0.39 is 5.54 Å². The van der Waals surface area contributed by atoms with Crippen LogP contribution in [0.1, 0.15) is 30.2 Å². The van der Waals surface area contributed by atoms with Gasteiger partial charge in [-0.3, -0.25) is 4.79 Å². The highest BCUT2D eigenvalue weighted by atomic mass is 32.1. The first-order valence-electron chi connectivity index (χ1n) is 8.46. The molecule has 1 aliphatic rings. The maximum absolute atomic E-state index is 12.5. The van der Waals surface area contributed by atoms with E-state index in [2.05, 4.69) is 0 Å². The highest BCUT2D eigenvalue weighted by Gasteiger charge is 2.47. The molecule has 0 radical (unpaired) electrons. The number of nitrogens with two attached hydrogens (primary N) is 1. The lowest BCUT2D eigenvalue weighted by Crippen LogP contribution is -2.45. The number of nitrogens with zero attached hydrogens (tertiary/aromatic N) is 1. The van der Waals surface area contributed by atoms with Crippen LogP contribution in [0.2, 0.25) is 0 Å². The molecule has 1 aromatic carbocycles. The molecule has 0 spiro atoms. The van der Waals surface area contributed by atoms with Crippen molar-refractivity contribution in [3.05, 3.63) is 46.2 Å². The number of hydrogen-bond donors (Lipinski definition) is 1. The minimum atomic E-state index is -0.635. The Morgan fingerprint density at radius 2 is 2.12 bits per heavy atom. The Morgan fingerprint density at radius 3 is 2.72 bits per heavy atom. The summed E-state index contributed by atoms with van der Waals surface area (Å²) in [6.07, 6.45) is 1.56. The SMILES string of the molecule is CCN(Cc1ccc(OCc2cccs2)c(OC)c1)C(=O)C1(N)CC1. The third-order valence-electron chi connectivity index (χ3n) is 4.44. The van der Waals surface area contributed by atoms with Gasteiger partial charge in [0, 0.05) is 18.0 Å². The second kappa shape index (κ2) is 7.45. The third-order valence-corrected chi connectivity index (χ3v) is 5.28. The summed E-state index contributed by atoms with van der Waals surface area (Å²) in [5, 5.41) is 2.03. The zero-order valence-corrected chi connectivity index (χ0v) is 15.5. The molecule has 1 fully saturated rings. The number of carbonyl (C=O) groups excluding carboxylic acids is 1. The highest BCUT2D eigenvalue weighted by molar-refractivity contribution is 7.09. The Labute approximate surface area is 152 Å². The average Bonchev–Trinajstić information content (AvgIpc) is 3.17. The van der Waals surface area contributed by atoms with Crippen LogP contribution in [0.5, 0.6) is 11.5 Å². The van der Waals surface area contributed by atoms with Crippen molar-refractivity contribution in [3.63, 3.8) is 0 Å². The molecule has 6 heteroatoms. The summed E-state index contributed by atoms with van der Waals surface area (Å²) >= 11 is 1.66. The summed E-state index contributed by atoms with van der Waals surface area (Å²) in [5.74, 6) is 1.41. The first kappa shape index (κ1) is 17.8. The van der Waals surface area contributed by atoms with Crippen LogP contribution in [0.15, 0.2) is 35.7 Å². The van der Waals surface area contributed by atoms with E-state index >= 15 is 0 Å². The molecule has 25 heavy (non-hydrogen) atoms. The topological polar surface area (TPSA) is 64.8 Å². The highest BCUT2D eigenvalue weighted by Crippen LogP contribution is 2.35. The quantitative estimate of drug-likeness (QED) is 0.785. The van der Waals surface area contributed by atoms with Crippen LogP contribution in [0.25, 0.3) is 0 Å². The van der Waals surface area contributed by atoms with Crippen molar-refractivity contribution in [2.45, 2.75) is 38.5 Å². The number of hydrogen-bond acceptors (Lipinski definition) is 5. The maximum Gasteiger partial charge on any atom is 0.242 e. The lowest BCUT2D eigenvalue weighted by molar-refractivity contribution is -0.134. The Balaban J connectivity index is 1.68. The van der Waals surface area contributed by atoms with Gasteiger partial charge in [-0.2, -0.15) is 0 Å². The molecule has 2 aromatic rings. The fourth-order valence-electron chi connectivity index (χ4n) is 2.68. The van der Waals surface area contributed by atoms with Crippen molar-refractivity contribution in [1.82, 2.24) is 4.90 Å². The van der Waals surface area contributed by atoms with E-state index in [1.165, 1.54) is 0 Å². The number of rotatable bonds is 8. The zero-order chi connectivity index (χ0) is 17.9. The molecule has 0 bridgehead atoms. The molecule has 0 unspecified atom stereocenters. The van der Waals surface area contributed by atoms with E-state index in [9.17, 15) is 4.79 Å². The van der Waals surface area contributed by atoms with Crippen molar-refractivity contribution in [2.75, 3.05) is 13.7 Å². The standard InChI is InChI=1S/C19H24N2O3S/c1-3-21(18(22)19(20)8-9-19)12-14-6-7-16(17(11-14)23-2)24-13-15-5-4-10-25-15/h4-7,10-11H,3,8-9,12-13,20H2,1-2H3. The molecule has 0 saturated heterocycles. The first-order chi connectivity index (χ1) is 12.1. The van der Waals surface area contributed by atoms with Gasteiger partial charge in [-0.05, 0) is 48.9 Å². The van der Waals surface area contributed by atoms with Gasteiger partial charge in [-0.1, -0.05) is 12.1 Å². The Bertz CT molecular complexity index is 726. The number of methoxy groups -OCH3 is 1. The minimum absolute atomic E-state index is 0.0342. The lowest BCUT2D eigenvalue weighted by Gasteiger charge is -2.24. The molecule has 0 aliphatic heterocycles. The summed E-state index contributed by atoms with van der Waals surface area (Å²) in [5.41, 5.74) is 6.42. The molecule has 3 rings (SSSR count). The van der Waals surface area contributed by atoms with E-state index in [4.69, 9.17) is 15.2 Å². The van der Waals surface area contributed by atoms with E-state index in [1.54, 1.807) is 23.3 Å². The molecule has 134 valence electrons. The summed E-state index contributed by atoms with van der Waals surface area (Å²) in [7, 11) is 1.62. The van der Waals surface area contributed by atoms with Gasteiger partial charge in [0.2, 0.25) is 5.91 Å². The van der Waals surface area contributed by atoms with Gasteiger partial charge in [0.1, 0.15) is 6.61 Å². The summed E-state index contributed by atoms with van der Waals surface area (Å²) in [6, 6.07) is 9.84. The summed E-state index contributed by atoms with van der Waals surface area (Å²) < 4.78 is 11.3. The maximum atomic E-state index is 12.5. The van der Waals surface area contributed by atoms with Gasteiger partial charge in [0.15, 0.2) is 11.5 Å². The van der Waals surface area contributed by atoms with Crippen LogP contribution in [0.3, 0.4) is 0 Å². The molecule has 1 heterocycles. The monoisotopic (exact) mass is 360 g/mol. The predicted molar refractivity (Wildman–Crippen MR) is 98.9 cm³/mol. The van der Waals surface area contributed by atoms with Crippen molar-refractivity contribution < 1.29 is 14.3 Å². The van der Waals surface area contributed by atoms with E-state index in [1.807, 2.05) is 42.6 Å². The average molecular weight is 360 g/mol. The number of likely N-dealkylation sites (N-methyl/N-ethyl adjacent to an activating group) is 1. The number of benzene rings is 1. The second-order valence-corrected chi connectivity index (χ2v) is 7.36. The molecule has 0 atom stereocenters. The van der Waals surface area contributed by atoms with Crippen LogP contribution < -0.4 is 15.2 Å². The summed E-state index contributed by atoms with van der Waals surface area (Å²) in [6.45, 7) is 3.65. The number of thiophene rings is 1. The van der Waals surface area contributed by atoms with E-state index in [0.717, 1.165) is 23.3 Å². The normalized spacial score (nSPS) is 14.8. The number of ether oxygens (including phenoxy) is 2. The van der Waals surface area contributed by atoms with Gasteiger partial charge in [0.25, 0.3) is 0 Å². The fraction of sp³-hybridized carbons (Fsp3) is 0.421. The molecular weight excluding hydrogens is 336 g/mol. The van der Waals surface area contributed by atoms with Crippen LogP contribution in [-0.2, 0) is 17.9 Å². The van der Waals surface area contributed by atoms with Crippen molar-refractivity contribution in [3.8, 4) is 11.5 Å². The van der Waals surface area contributed by atoms with Crippen molar-refractivity contribution in [1.29, 1.82) is 0 Å². The molecular formula is C19H24N2O3S. The largest absolute Gasteiger partial charge is 0.493 e. The molecule has 1 aromatic heterocycles.